The van der Waals surface area contributed by atoms with Gasteiger partial charge >= 0.3 is 12.3 Å². The van der Waals surface area contributed by atoms with Gasteiger partial charge in [0.15, 0.2) is 0 Å². The van der Waals surface area contributed by atoms with Crippen molar-refractivity contribution in [2.45, 2.75) is 12.8 Å². The number of unbranched alkanes of at least 4 members (excludes halogenated alkanes) is 1. The van der Waals surface area contributed by atoms with Crippen LogP contribution >= 0.6 is 0 Å². The normalized spacial score (nSPS) is 16.9. The fourth-order valence-corrected chi connectivity index (χ4v) is 0.769. The molecule has 0 saturated carbocycles. The molecule has 2 saturated heterocycles. The second-order valence-corrected chi connectivity index (χ2v) is 3.16. The van der Waals surface area contributed by atoms with Gasteiger partial charge in [-0.2, -0.15) is 9.78 Å². The van der Waals surface area contributed by atoms with E-state index in [1.54, 1.807) is 0 Å². The van der Waals surface area contributed by atoms with Crippen LogP contribution in [0.25, 0.3) is 0 Å². The largest absolute Gasteiger partial charge is 0.540 e. The lowest BCUT2D eigenvalue weighted by molar-refractivity contribution is -0.285. The van der Waals surface area contributed by atoms with E-state index in [2.05, 4.69) is 29.0 Å². The molecule has 10 heteroatoms. The number of rotatable bonds is 3. The maximum absolute atomic E-state index is 9.89. The Morgan fingerprint density at radius 1 is 0.750 bits per heavy atom. The fourth-order valence-electron chi connectivity index (χ4n) is 0.769. The number of hydrogen-bond donors (Lipinski definition) is 2. The fraction of sp³-hybridized carbons (Fsp3) is 0.800. The van der Waals surface area contributed by atoms with E-state index in [-0.39, 0.29) is 13.2 Å². The Labute approximate surface area is 114 Å². The van der Waals surface area contributed by atoms with Gasteiger partial charge < -0.3 is 19.7 Å². The van der Waals surface area contributed by atoms with E-state index < -0.39 is 12.3 Å². The van der Waals surface area contributed by atoms with Gasteiger partial charge in [0.05, 0.1) is 0 Å². The number of carbonyl (C=O) groups is 2. The number of hydrogen-bond acceptors (Lipinski definition) is 10. The van der Waals surface area contributed by atoms with Gasteiger partial charge in [-0.05, 0) is 12.8 Å². The summed E-state index contributed by atoms with van der Waals surface area (Å²) in [7, 11) is 0. The van der Waals surface area contributed by atoms with Crippen LogP contribution in [0.15, 0.2) is 0 Å². The lowest BCUT2D eigenvalue weighted by atomic mass is 10.3. The Bertz CT molecular complexity index is 214. The van der Waals surface area contributed by atoms with Crippen LogP contribution in [0.3, 0.4) is 0 Å². The van der Waals surface area contributed by atoms with Crippen LogP contribution in [0.2, 0.25) is 0 Å². The predicted octanol–water partition coefficient (Wildman–Crippen LogP) is -0.0792. The summed E-state index contributed by atoms with van der Waals surface area (Å²) in [5, 5.41) is 16.2. The minimum absolute atomic E-state index is 0.195. The molecule has 2 N–H and O–H groups in total. The average Bonchev–Trinajstić information content (AvgIpc) is 2.48. The molecule has 2 aliphatic rings. The lowest BCUT2D eigenvalue weighted by Crippen LogP contribution is -2.19. The Hall–Kier alpha value is -1.62. The van der Waals surface area contributed by atoms with Crippen molar-refractivity contribution in [1.82, 2.24) is 0 Å². The van der Waals surface area contributed by atoms with Gasteiger partial charge in [0, 0.05) is 13.2 Å². The Morgan fingerprint density at radius 2 is 1.15 bits per heavy atom. The van der Waals surface area contributed by atoms with E-state index in [1.165, 1.54) is 0 Å². The summed E-state index contributed by atoms with van der Waals surface area (Å²) in [4.78, 5) is 36.0. The van der Waals surface area contributed by atoms with Crippen LogP contribution < -0.4 is 0 Å². The predicted molar refractivity (Wildman–Crippen MR) is 60.2 cm³/mol. The zero-order valence-electron chi connectivity index (χ0n) is 10.8. The van der Waals surface area contributed by atoms with E-state index in [0.717, 1.165) is 12.8 Å². The number of cyclic esters (lactones) is 2. The SMILES string of the molecule is O=C1OCCOO1.O=C1OCCOO1.OCCCCO. The summed E-state index contributed by atoms with van der Waals surface area (Å²) >= 11 is 0. The molecule has 0 radical (unpaired) electrons. The van der Waals surface area contributed by atoms with Crippen molar-refractivity contribution in [2.24, 2.45) is 0 Å². The van der Waals surface area contributed by atoms with Crippen LogP contribution in [-0.4, -0.2) is 62.2 Å². The topological polar surface area (TPSA) is 130 Å². The van der Waals surface area contributed by atoms with Crippen LogP contribution in [0, 0.1) is 0 Å². The first-order valence-corrected chi connectivity index (χ1v) is 5.85. The second kappa shape index (κ2) is 13.8. The van der Waals surface area contributed by atoms with Gasteiger partial charge in [-0.3, -0.25) is 9.78 Å². The van der Waals surface area contributed by atoms with E-state index in [0.29, 0.717) is 26.4 Å². The monoisotopic (exact) mass is 298 g/mol. The van der Waals surface area contributed by atoms with Gasteiger partial charge in [-0.1, -0.05) is 0 Å². The Morgan fingerprint density at radius 3 is 1.30 bits per heavy atom. The third-order valence-electron chi connectivity index (χ3n) is 1.59. The van der Waals surface area contributed by atoms with E-state index in [4.69, 9.17) is 10.2 Å². The third kappa shape index (κ3) is 12.8. The molecule has 0 bridgehead atoms. The summed E-state index contributed by atoms with van der Waals surface area (Å²) in [6, 6.07) is 0. The highest BCUT2D eigenvalue weighted by Crippen LogP contribution is 1.93. The van der Waals surface area contributed by atoms with Gasteiger partial charge in [0.25, 0.3) is 0 Å². The first kappa shape index (κ1) is 18.4. The molecule has 0 spiro atoms. The van der Waals surface area contributed by atoms with Crippen molar-refractivity contribution in [1.29, 1.82) is 0 Å². The van der Waals surface area contributed by atoms with Gasteiger partial charge in [0.2, 0.25) is 0 Å². The highest BCUT2D eigenvalue weighted by Gasteiger charge is 2.10. The molecule has 2 rings (SSSR count). The number of aliphatic hydroxyl groups is 2. The van der Waals surface area contributed by atoms with Gasteiger partial charge in [-0.15, -0.1) is 0 Å². The summed E-state index contributed by atoms with van der Waals surface area (Å²) < 4.78 is 8.58. The van der Waals surface area contributed by atoms with Crippen molar-refractivity contribution in [2.75, 3.05) is 39.6 Å². The second-order valence-electron chi connectivity index (χ2n) is 3.16. The maximum atomic E-state index is 9.89. The van der Waals surface area contributed by atoms with Crippen molar-refractivity contribution in [3.8, 4) is 0 Å². The standard InChI is InChI=1S/C4H10O2.2C3H4O4/c5-3-1-2-4-6;2*4-3-5-1-2-6-7-3/h5-6H,1-4H2;2*1-2H2. The highest BCUT2D eigenvalue weighted by atomic mass is 17.2. The molecule has 0 aromatic heterocycles. The van der Waals surface area contributed by atoms with E-state index in [9.17, 15) is 9.59 Å². The van der Waals surface area contributed by atoms with Crippen LogP contribution in [0.5, 0.6) is 0 Å². The summed E-state index contributed by atoms with van der Waals surface area (Å²) in [6.45, 7) is 1.62. The molecule has 0 atom stereocenters. The van der Waals surface area contributed by atoms with Crippen molar-refractivity contribution in [3.05, 3.63) is 0 Å². The molecule has 0 amide bonds. The Kier molecular flexibility index (Phi) is 12.7. The quantitative estimate of drug-likeness (QED) is 0.414. The molecule has 0 aromatic carbocycles. The molecular weight excluding hydrogens is 280 g/mol. The first-order chi connectivity index (χ1) is 9.70. The molecule has 0 aromatic rings. The zero-order chi connectivity index (χ0) is 15.1. The van der Waals surface area contributed by atoms with Crippen molar-refractivity contribution < 1.29 is 48.8 Å². The van der Waals surface area contributed by atoms with Crippen molar-refractivity contribution >= 4 is 12.3 Å². The zero-order valence-corrected chi connectivity index (χ0v) is 10.8. The minimum Gasteiger partial charge on any atom is -0.430 e. The lowest BCUT2D eigenvalue weighted by Gasteiger charge is -2.08. The minimum atomic E-state index is -0.758. The molecule has 10 nitrogen and oxygen atoms in total. The van der Waals surface area contributed by atoms with E-state index in [1.807, 2.05) is 0 Å². The van der Waals surface area contributed by atoms with Crippen molar-refractivity contribution in [3.63, 3.8) is 0 Å². The highest BCUT2D eigenvalue weighted by molar-refractivity contribution is 5.59. The molecule has 0 aliphatic carbocycles. The summed E-state index contributed by atoms with van der Waals surface area (Å²) in [5.41, 5.74) is 0. The van der Waals surface area contributed by atoms with E-state index >= 15 is 0 Å². The smallest absolute Gasteiger partial charge is 0.430 e. The van der Waals surface area contributed by atoms with Crippen LogP contribution in [0.4, 0.5) is 9.59 Å². The summed E-state index contributed by atoms with van der Waals surface area (Å²) in [5.74, 6) is 0. The molecular formula is C10H18O10. The summed E-state index contributed by atoms with van der Waals surface area (Å²) in [6.07, 6.45) is -0.0787. The third-order valence-corrected chi connectivity index (χ3v) is 1.59. The molecule has 118 valence electrons. The van der Waals surface area contributed by atoms with Gasteiger partial charge in [0.1, 0.15) is 26.4 Å². The van der Waals surface area contributed by atoms with Crippen LogP contribution in [-0.2, 0) is 29.0 Å². The first-order valence-electron chi connectivity index (χ1n) is 5.85. The average molecular weight is 298 g/mol. The number of aliphatic hydroxyl groups excluding tert-OH is 2. The molecule has 0 unspecified atom stereocenters. The maximum Gasteiger partial charge on any atom is 0.540 e. The number of carbonyl (C=O) groups excluding carboxylic acids is 2. The van der Waals surface area contributed by atoms with Gasteiger partial charge in [-0.25, -0.2) is 9.59 Å². The molecule has 2 aliphatic heterocycles. The Balaban J connectivity index is 0.000000272. The number of ether oxygens (including phenoxy) is 2. The van der Waals surface area contributed by atoms with Crippen LogP contribution in [0.1, 0.15) is 12.8 Å². The molecule has 2 heterocycles. The molecule has 20 heavy (non-hydrogen) atoms. The molecule has 2 fully saturated rings.